The Morgan fingerprint density at radius 1 is 1.42 bits per heavy atom. The maximum absolute atomic E-state index is 10.9. The fourth-order valence-electron chi connectivity index (χ4n) is 0.694. The summed E-state index contributed by atoms with van der Waals surface area (Å²) in [7, 11) is -1.94. The Morgan fingerprint density at radius 3 is 2.42 bits per heavy atom. The summed E-state index contributed by atoms with van der Waals surface area (Å²) in [5, 5.41) is 2.99. The van der Waals surface area contributed by atoms with E-state index in [2.05, 4.69) is 14.8 Å². The second-order valence-electron chi connectivity index (χ2n) is 2.50. The van der Waals surface area contributed by atoms with E-state index in [1.54, 1.807) is 6.92 Å². The maximum Gasteiger partial charge on any atom is 0.277 e. The van der Waals surface area contributed by atoms with E-state index >= 15 is 0 Å². The lowest BCUT2D eigenvalue weighted by molar-refractivity contribution is 0.498. The summed E-state index contributed by atoms with van der Waals surface area (Å²) >= 11 is 0. The van der Waals surface area contributed by atoms with Crippen molar-refractivity contribution in [2.75, 3.05) is 13.6 Å². The molecule has 0 aromatic rings. The lowest BCUT2D eigenvalue weighted by Gasteiger charge is -2.14. The fourth-order valence-corrected chi connectivity index (χ4v) is 1.36. The molecule has 0 saturated carbocycles. The Kier molecular flexibility index (Phi) is 5.39. The van der Waals surface area contributed by atoms with Crippen LogP contribution in [0.2, 0.25) is 0 Å². The molecule has 5 nitrogen and oxygen atoms in total. The molecule has 0 aliphatic heterocycles. The molecule has 74 valence electrons. The van der Waals surface area contributed by atoms with Crippen LogP contribution in [0.5, 0.6) is 0 Å². The fraction of sp³-hybridized carbons (Fsp3) is 1.00. The zero-order valence-corrected chi connectivity index (χ0v) is 8.53. The molecule has 0 heterocycles. The van der Waals surface area contributed by atoms with E-state index in [0.29, 0.717) is 0 Å². The van der Waals surface area contributed by atoms with Crippen molar-refractivity contribution < 1.29 is 8.42 Å². The predicted octanol–water partition coefficient (Wildman–Crippen LogP) is -0.614. The quantitative estimate of drug-likeness (QED) is 0.495. The molecule has 0 aromatic heterocycles. The van der Waals surface area contributed by atoms with Gasteiger partial charge in [-0.25, -0.2) is 4.72 Å². The third-order valence-corrected chi connectivity index (χ3v) is 2.50. The highest BCUT2D eigenvalue weighted by Crippen LogP contribution is 1.81. The molecule has 0 aliphatic rings. The van der Waals surface area contributed by atoms with E-state index in [4.69, 9.17) is 0 Å². The number of nitrogens with one attached hydrogen (secondary N) is 3. The molecule has 0 amide bonds. The first-order valence-corrected chi connectivity index (χ1v) is 5.44. The average Bonchev–Trinajstić information content (AvgIpc) is 2.00. The summed E-state index contributed by atoms with van der Waals surface area (Å²) in [5.41, 5.74) is 0. The first-order valence-electron chi connectivity index (χ1n) is 3.96. The van der Waals surface area contributed by atoms with Crippen molar-refractivity contribution in [1.82, 2.24) is 14.8 Å². The van der Waals surface area contributed by atoms with Gasteiger partial charge in [0.05, 0.1) is 6.17 Å². The van der Waals surface area contributed by atoms with Gasteiger partial charge in [-0.3, -0.25) is 0 Å². The molecule has 0 saturated heterocycles. The van der Waals surface area contributed by atoms with E-state index in [-0.39, 0.29) is 6.17 Å². The molecule has 0 aromatic carbocycles. The summed E-state index contributed by atoms with van der Waals surface area (Å²) in [6.45, 7) is 4.57. The minimum Gasteiger partial charge on any atom is -0.301 e. The molecule has 0 rings (SSSR count). The van der Waals surface area contributed by atoms with Crippen molar-refractivity contribution in [2.45, 2.75) is 26.4 Å². The SMILES string of the molecule is CCCNC(C)NS(=O)(=O)NC. The van der Waals surface area contributed by atoms with Gasteiger partial charge in [0.15, 0.2) is 0 Å². The highest BCUT2D eigenvalue weighted by molar-refractivity contribution is 7.87. The number of hydrogen-bond acceptors (Lipinski definition) is 3. The minimum atomic E-state index is -3.31. The van der Waals surface area contributed by atoms with Crippen LogP contribution in [-0.2, 0) is 10.2 Å². The monoisotopic (exact) mass is 195 g/mol. The first-order chi connectivity index (χ1) is 5.52. The summed E-state index contributed by atoms with van der Waals surface area (Å²) in [5.74, 6) is 0. The molecule has 0 spiro atoms. The Balaban J connectivity index is 3.76. The van der Waals surface area contributed by atoms with Gasteiger partial charge in [0, 0.05) is 7.05 Å². The van der Waals surface area contributed by atoms with Gasteiger partial charge < -0.3 is 5.32 Å². The number of rotatable bonds is 6. The molecule has 0 fully saturated rings. The molecule has 0 radical (unpaired) electrons. The average molecular weight is 195 g/mol. The van der Waals surface area contributed by atoms with Crippen LogP contribution in [0.25, 0.3) is 0 Å². The third-order valence-electron chi connectivity index (χ3n) is 1.30. The van der Waals surface area contributed by atoms with Crippen LogP contribution in [0.3, 0.4) is 0 Å². The normalized spacial score (nSPS) is 14.6. The predicted molar refractivity (Wildman–Crippen MR) is 48.9 cm³/mol. The Morgan fingerprint density at radius 2 is 2.00 bits per heavy atom. The smallest absolute Gasteiger partial charge is 0.277 e. The maximum atomic E-state index is 10.9. The second kappa shape index (κ2) is 5.47. The van der Waals surface area contributed by atoms with Gasteiger partial charge in [-0.05, 0) is 19.9 Å². The second-order valence-corrected chi connectivity index (χ2v) is 4.15. The van der Waals surface area contributed by atoms with Gasteiger partial charge in [0.25, 0.3) is 10.2 Å². The van der Waals surface area contributed by atoms with Crippen LogP contribution in [-0.4, -0.2) is 28.2 Å². The van der Waals surface area contributed by atoms with Crippen LogP contribution < -0.4 is 14.8 Å². The summed E-state index contributed by atoms with van der Waals surface area (Å²) in [6.07, 6.45) is 0.744. The third kappa shape index (κ3) is 5.48. The van der Waals surface area contributed by atoms with E-state index in [1.807, 2.05) is 6.92 Å². The standard InChI is InChI=1S/C6H17N3O2S/c1-4-5-8-6(2)9-12(10,11)7-3/h6-9H,4-5H2,1-3H3. The molecule has 12 heavy (non-hydrogen) atoms. The van der Waals surface area contributed by atoms with E-state index in [0.717, 1.165) is 13.0 Å². The van der Waals surface area contributed by atoms with Crippen LogP contribution >= 0.6 is 0 Å². The minimum absolute atomic E-state index is 0.234. The Labute approximate surface area is 74.1 Å². The van der Waals surface area contributed by atoms with Crippen molar-refractivity contribution >= 4 is 10.2 Å². The van der Waals surface area contributed by atoms with Crippen LogP contribution in [0.15, 0.2) is 0 Å². The van der Waals surface area contributed by atoms with Crippen LogP contribution in [0, 0.1) is 0 Å². The van der Waals surface area contributed by atoms with E-state index in [1.165, 1.54) is 7.05 Å². The largest absolute Gasteiger partial charge is 0.301 e. The topological polar surface area (TPSA) is 70.2 Å². The van der Waals surface area contributed by atoms with Gasteiger partial charge in [-0.2, -0.15) is 13.1 Å². The van der Waals surface area contributed by atoms with Crippen molar-refractivity contribution in [3.05, 3.63) is 0 Å². The first kappa shape index (κ1) is 11.8. The summed E-state index contributed by atoms with van der Waals surface area (Å²) in [4.78, 5) is 0. The van der Waals surface area contributed by atoms with Crippen LogP contribution in [0.4, 0.5) is 0 Å². The molecule has 6 heteroatoms. The lowest BCUT2D eigenvalue weighted by atomic mass is 10.4. The van der Waals surface area contributed by atoms with Gasteiger partial charge in [-0.1, -0.05) is 6.92 Å². The van der Waals surface area contributed by atoms with Crippen molar-refractivity contribution in [3.8, 4) is 0 Å². The van der Waals surface area contributed by atoms with Gasteiger partial charge in [0.1, 0.15) is 0 Å². The van der Waals surface area contributed by atoms with E-state index < -0.39 is 10.2 Å². The molecular formula is C6H17N3O2S. The summed E-state index contributed by atoms with van der Waals surface area (Å²) in [6, 6.07) is 0. The molecule has 0 bridgehead atoms. The zero-order valence-electron chi connectivity index (χ0n) is 7.72. The molecule has 1 atom stereocenters. The van der Waals surface area contributed by atoms with Crippen molar-refractivity contribution in [1.29, 1.82) is 0 Å². The Bertz CT molecular complexity index is 203. The van der Waals surface area contributed by atoms with Crippen molar-refractivity contribution in [3.63, 3.8) is 0 Å². The number of hydrogen-bond donors (Lipinski definition) is 3. The lowest BCUT2D eigenvalue weighted by Crippen LogP contribution is -2.47. The van der Waals surface area contributed by atoms with Gasteiger partial charge in [-0.15, -0.1) is 0 Å². The molecule has 3 N–H and O–H groups in total. The summed E-state index contributed by atoms with van der Waals surface area (Å²) < 4.78 is 26.4. The molecule has 1 unspecified atom stereocenters. The molecular weight excluding hydrogens is 178 g/mol. The zero-order chi connectivity index (χ0) is 9.61. The van der Waals surface area contributed by atoms with Gasteiger partial charge in [0.2, 0.25) is 0 Å². The van der Waals surface area contributed by atoms with E-state index in [9.17, 15) is 8.42 Å². The van der Waals surface area contributed by atoms with Crippen LogP contribution in [0.1, 0.15) is 20.3 Å². The molecule has 0 aliphatic carbocycles. The van der Waals surface area contributed by atoms with Crippen molar-refractivity contribution in [2.24, 2.45) is 0 Å². The highest BCUT2D eigenvalue weighted by atomic mass is 32.2. The van der Waals surface area contributed by atoms with Gasteiger partial charge >= 0.3 is 0 Å². The Hall–Kier alpha value is -0.170. The highest BCUT2D eigenvalue weighted by Gasteiger charge is 2.09.